The molecule has 0 saturated heterocycles. The number of nitrogens with zero attached hydrogens (tertiary/aromatic N) is 1. The van der Waals surface area contributed by atoms with E-state index in [1.54, 1.807) is 13.2 Å². The molecule has 1 aromatic rings. The maximum atomic E-state index is 8.36. The number of benzene rings is 1. The molecule has 0 fully saturated rings. The molecule has 0 aliphatic heterocycles. The van der Waals surface area contributed by atoms with Crippen molar-refractivity contribution in [1.29, 1.82) is 5.26 Å². The van der Waals surface area contributed by atoms with Crippen molar-refractivity contribution in [3.05, 3.63) is 28.8 Å². The third kappa shape index (κ3) is 2.63. The van der Waals surface area contributed by atoms with Crippen molar-refractivity contribution in [2.75, 3.05) is 13.7 Å². The van der Waals surface area contributed by atoms with E-state index in [1.165, 1.54) is 0 Å². The van der Waals surface area contributed by atoms with Gasteiger partial charge in [0, 0.05) is 17.1 Å². The molecule has 0 amide bonds. The van der Waals surface area contributed by atoms with Crippen LogP contribution in [0.25, 0.3) is 0 Å². The lowest BCUT2D eigenvalue weighted by Gasteiger charge is -2.09. The Morgan fingerprint density at radius 2 is 2.36 bits per heavy atom. The van der Waals surface area contributed by atoms with Crippen LogP contribution in [-0.2, 0) is 6.54 Å². The van der Waals surface area contributed by atoms with E-state index >= 15 is 0 Å². The number of nitriles is 1. The molecule has 0 spiro atoms. The SMILES string of the molecule is COc1cccc(Cl)c1CNCC#N. The first kappa shape index (κ1) is 10.8. The van der Waals surface area contributed by atoms with Gasteiger partial charge in [0.15, 0.2) is 0 Å². The highest BCUT2D eigenvalue weighted by Gasteiger charge is 2.05. The number of nitrogens with one attached hydrogen (secondary N) is 1. The summed E-state index contributed by atoms with van der Waals surface area (Å²) < 4.78 is 5.15. The van der Waals surface area contributed by atoms with E-state index in [0.717, 1.165) is 11.3 Å². The van der Waals surface area contributed by atoms with E-state index in [0.29, 0.717) is 18.1 Å². The molecule has 14 heavy (non-hydrogen) atoms. The first-order valence-corrected chi connectivity index (χ1v) is 4.56. The predicted octanol–water partition coefficient (Wildman–Crippen LogP) is 1.96. The standard InChI is InChI=1S/C10H11ClN2O/c1-14-10-4-2-3-9(11)8(10)7-13-6-5-12/h2-4,13H,6-7H2,1H3. The van der Waals surface area contributed by atoms with Crippen LogP contribution in [0.4, 0.5) is 0 Å². The summed E-state index contributed by atoms with van der Waals surface area (Å²) in [5.74, 6) is 0.739. The molecule has 4 heteroatoms. The maximum Gasteiger partial charge on any atom is 0.124 e. The molecule has 0 aromatic heterocycles. The number of ether oxygens (including phenoxy) is 1. The van der Waals surface area contributed by atoms with Gasteiger partial charge in [-0.2, -0.15) is 5.26 Å². The van der Waals surface area contributed by atoms with Gasteiger partial charge in [-0.3, -0.25) is 0 Å². The van der Waals surface area contributed by atoms with Crippen molar-refractivity contribution in [2.24, 2.45) is 0 Å². The predicted molar refractivity (Wildman–Crippen MR) is 55.3 cm³/mol. The van der Waals surface area contributed by atoms with Crippen LogP contribution in [0.2, 0.25) is 5.02 Å². The van der Waals surface area contributed by atoms with Crippen LogP contribution in [0, 0.1) is 11.3 Å². The summed E-state index contributed by atoms with van der Waals surface area (Å²) in [4.78, 5) is 0. The topological polar surface area (TPSA) is 45.0 Å². The zero-order valence-corrected chi connectivity index (χ0v) is 8.64. The Balaban J connectivity index is 2.78. The molecule has 0 heterocycles. The van der Waals surface area contributed by atoms with Crippen molar-refractivity contribution in [2.45, 2.75) is 6.54 Å². The molecule has 0 saturated carbocycles. The lowest BCUT2D eigenvalue weighted by atomic mass is 10.2. The van der Waals surface area contributed by atoms with Gasteiger partial charge in [-0.1, -0.05) is 17.7 Å². The second kappa shape index (κ2) is 5.48. The molecule has 3 nitrogen and oxygen atoms in total. The van der Waals surface area contributed by atoms with Crippen LogP contribution >= 0.6 is 11.6 Å². The average Bonchev–Trinajstić information content (AvgIpc) is 2.20. The fourth-order valence-electron chi connectivity index (χ4n) is 1.15. The van der Waals surface area contributed by atoms with Crippen molar-refractivity contribution < 1.29 is 4.74 Å². The lowest BCUT2D eigenvalue weighted by Crippen LogP contribution is -2.14. The Morgan fingerprint density at radius 3 is 3.00 bits per heavy atom. The molecule has 1 aromatic carbocycles. The molecule has 1 N–H and O–H groups in total. The quantitative estimate of drug-likeness (QED) is 0.611. The van der Waals surface area contributed by atoms with Gasteiger partial charge in [0.1, 0.15) is 5.75 Å². The number of rotatable bonds is 4. The Hall–Kier alpha value is -1.24. The van der Waals surface area contributed by atoms with Crippen molar-refractivity contribution >= 4 is 11.6 Å². The number of halogens is 1. The van der Waals surface area contributed by atoms with E-state index in [4.69, 9.17) is 21.6 Å². The molecule has 0 aliphatic rings. The number of methoxy groups -OCH3 is 1. The van der Waals surface area contributed by atoms with Crippen molar-refractivity contribution in [1.82, 2.24) is 5.32 Å². The zero-order chi connectivity index (χ0) is 10.4. The van der Waals surface area contributed by atoms with Crippen LogP contribution in [0.1, 0.15) is 5.56 Å². The molecular weight excluding hydrogens is 200 g/mol. The minimum Gasteiger partial charge on any atom is -0.496 e. The molecule has 0 radical (unpaired) electrons. The van der Waals surface area contributed by atoms with Crippen LogP contribution in [0.15, 0.2) is 18.2 Å². The summed E-state index contributed by atoms with van der Waals surface area (Å²) in [5, 5.41) is 12.0. The van der Waals surface area contributed by atoms with Crippen LogP contribution < -0.4 is 10.1 Å². The fraction of sp³-hybridized carbons (Fsp3) is 0.300. The summed E-state index contributed by atoms with van der Waals surface area (Å²) in [6.45, 7) is 0.838. The normalized spacial score (nSPS) is 9.50. The van der Waals surface area contributed by atoms with Gasteiger partial charge in [-0.25, -0.2) is 0 Å². The van der Waals surface area contributed by atoms with Crippen LogP contribution in [-0.4, -0.2) is 13.7 Å². The first-order chi connectivity index (χ1) is 6.79. The van der Waals surface area contributed by atoms with Gasteiger partial charge < -0.3 is 10.1 Å². The lowest BCUT2D eigenvalue weighted by molar-refractivity contribution is 0.408. The molecule has 0 bridgehead atoms. The van der Waals surface area contributed by atoms with Crippen LogP contribution in [0.5, 0.6) is 5.75 Å². The third-order valence-electron chi connectivity index (χ3n) is 1.80. The fourth-order valence-corrected chi connectivity index (χ4v) is 1.38. The molecule has 0 atom stereocenters. The number of hydrogen-bond donors (Lipinski definition) is 1. The Labute approximate surface area is 88.3 Å². The van der Waals surface area contributed by atoms with Crippen molar-refractivity contribution in [3.63, 3.8) is 0 Å². The minimum absolute atomic E-state index is 0.300. The summed E-state index contributed by atoms with van der Waals surface area (Å²) in [6, 6.07) is 7.47. The third-order valence-corrected chi connectivity index (χ3v) is 2.16. The van der Waals surface area contributed by atoms with E-state index in [1.807, 2.05) is 18.2 Å². The highest BCUT2D eigenvalue weighted by Crippen LogP contribution is 2.25. The molecular formula is C10H11ClN2O. The molecule has 74 valence electrons. The summed E-state index contributed by atoms with van der Waals surface area (Å²) in [5.41, 5.74) is 0.881. The average molecular weight is 211 g/mol. The van der Waals surface area contributed by atoms with Gasteiger partial charge >= 0.3 is 0 Å². The Morgan fingerprint density at radius 1 is 1.57 bits per heavy atom. The minimum atomic E-state index is 0.300. The monoisotopic (exact) mass is 210 g/mol. The van der Waals surface area contributed by atoms with E-state index in [2.05, 4.69) is 5.32 Å². The second-order valence-electron chi connectivity index (χ2n) is 2.68. The van der Waals surface area contributed by atoms with Gasteiger partial charge in [0.2, 0.25) is 0 Å². The second-order valence-corrected chi connectivity index (χ2v) is 3.09. The summed E-state index contributed by atoms with van der Waals surface area (Å²) in [6.07, 6.45) is 0. The largest absolute Gasteiger partial charge is 0.496 e. The van der Waals surface area contributed by atoms with E-state index in [9.17, 15) is 0 Å². The van der Waals surface area contributed by atoms with E-state index in [-0.39, 0.29) is 0 Å². The Bertz CT molecular complexity index is 346. The summed E-state index contributed by atoms with van der Waals surface area (Å²) in [7, 11) is 1.60. The highest BCUT2D eigenvalue weighted by atomic mass is 35.5. The van der Waals surface area contributed by atoms with E-state index < -0.39 is 0 Å². The maximum absolute atomic E-state index is 8.36. The zero-order valence-electron chi connectivity index (χ0n) is 7.88. The van der Waals surface area contributed by atoms with Crippen molar-refractivity contribution in [3.8, 4) is 11.8 Å². The van der Waals surface area contributed by atoms with Gasteiger partial charge in [-0.05, 0) is 12.1 Å². The molecule has 0 aliphatic carbocycles. The Kier molecular flexibility index (Phi) is 4.24. The van der Waals surface area contributed by atoms with Crippen LogP contribution in [0.3, 0.4) is 0 Å². The van der Waals surface area contributed by atoms with Gasteiger partial charge in [-0.15, -0.1) is 0 Å². The summed E-state index contributed by atoms with van der Waals surface area (Å²) >= 11 is 5.98. The molecule has 0 unspecified atom stereocenters. The number of hydrogen-bond acceptors (Lipinski definition) is 3. The van der Waals surface area contributed by atoms with Gasteiger partial charge in [0.25, 0.3) is 0 Å². The highest BCUT2D eigenvalue weighted by molar-refractivity contribution is 6.31. The molecule has 1 rings (SSSR count). The van der Waals surface area contributed by atoms with Gasteiger partial charge in [0.05, 0.1) is 19.7 Å². The first-order valence-electron chi connectivity index (χ1n) is 4.18. The smallest absolute Gasteiger partial charge is 0.124 e.